The first-order chi connectivity index (χ1) is 12.8. The standard InChI is InChI=1S/C20H15N2O4P/c21-13-5-7-15-17(9-13)27(25,26)18-10-14(22)6-8-16(18)19(15)11-1-3-12(4-2-11)20(23)24/h1-10,21H,22H2,(H,23,24)(H,25,26). The third kappa shape index (κ3) is 2.67. The maximum atomic E-state index is 13.2. The lowest BCUT2D eigenvalue weighted by atomic mass is 9.89. The van der Waals surface area contributed by atoms with Gasteiger partial charge in [-0.3, -0.25) is 4.57 Å². The number of allylic oxidation sites excluding steroid dienone is 5. The highest BCUT2D eigenvalue weighted by molar-refractivity contribution is 7.71. The normalized spacial score (nSPS) is 20.8. The van der Waals surface area contributed by atoms with Gasteiger partial charge in [-0.1, -0.05) is 24.3 Å². The number of rotatable bonds is 2. The molecular formula is C20H15N2O4P. The second kappa shape index (κ2) is 5.91. The average Bonchev–Trinajstić information content (AvgIpc) is 2.63. The monoisotopic (exact) mass is 378 g/mol. The number of nitrogen functional groups attached to an aromatic ring is 1. The highest BCUT2D eigenvalue weighted by atomic mass is 31.2. The average molecular weight is 378 g/mol. The van der Waals surface area contributed by atoms with Crippen LogP contribution < -0.4 is 11.0 Å². The first-order valence-electron chi connectivity index (χ1n) is 8.09. The topological polar surface area (TPSA) is 124 Å². The Hall–Kier alpha value is -3.21. The van der Waals surface area contributed by atoms with Crippen molar-refractivity contribution in [2.75, 3.05) is 5.73 Å². The first-order valence-corrected chi connectivity index (χ1v) is 9.75. The summed E-state index contributed by atoms with van der Waals surface area (Å²) in [6, 6.07) is 11.2. The third-order valence-corrected chi connectivity index (χ3v) is 6.68. The molecule has 1 unspecified atom stereocenters. The number of hydrogen-bond acceptors (Lipinski definition) is 4. The van der Waals surface area contributed by atoms with Crippen LogP contribution in [0, 0.1) is 5.41 Å². The van der Waals surface area contributed by atoms with Crippen LogP contribution in [-0.4, -0.2) is 21.7 Å². The smallest absolute Gasteiger partial charge is 0.335 e. The van der Waals surface area contributed by atoms with Gasteiger partial charge in [0.1, 0.15) is 0 Å². The Balaban J connectivity index is 2.05. The van der Waals surface area contributed by atoms with Crippen molar-refractivity contribution in [2.45, 2.75) is 0 Å². The summed E-state index contributed by atoms with van der Waals surface area (Å²) in [5.41, 5.74) is 9.05. The molecule has 1 heterocycles. The largest absolute Gasteiger partial charge is 0.478 e. The molecular weight excluding hydrogens is 363 g/mol. The summed E-state index contributed by atoms with van der Waals surface area (Å²) in [6.45, 7) is 0. The van der Waals surface area contributed by atoms with Crippen LogP contribution in [-0.2, 0) is 4.57 Å². The van der Waals surface area contributed by atoms with E-state index < -0.39 is 13.3 Å². The van der Waals surface area contributed by atoms with Crippen LogP contribution in [0.3, 0.4) is 0 Å². The maximum Gasteiger partial charge on any atom is 0.335 e. The van der Waals surface area contributed by atoms with Crippen molar-refractivity contribution in [2.24, 2.45) is 0 Å². The summed E-state index contributed by atoms with van der Waals surface area (Å²) in [7, 11) is -3.92. The number of fused-ring (bicyclic) bond motifs is 2. The third-order valence-electron chi connectivity index (χ3n) is 4.63. The molecule has 0 aromatic heterocycles. The fourth-order valence-corrected chi connectivity index (χ4v) is 5.29. The van der Waals surface area contributed by atoms with E-state index in [9.17, 15) is 14.3 Å². The van der Waals surface area contributed by atoms with Crippen LogP contribution >= 0.6 is 7.37 Å². The van der Waals surface area contributed by atoms with E-state index in [1.165, 1.54) is 24.3 Å². The lowest BCUT2D eigenvalue weighted by molar-refractivity contribution is 0.0697. The summed E-state index contributed by atoms with van der Waals surface area (Å²) < 4.78 is 13.2. The van der Waals surface area contributed by atoms with Crippen molar-refractivity contribution in [3.8, 4) is 0 Å². The van der Waals surface area contributed by atoms with Crippen molar-refractivity contribution < 1.29 is 19.4 Å². The number of benzene rings is 2. The molecule has 6 nitrogen and oxygen atoms in total. The number of carboxylic acid groups (broad SMARTS) is 1. The lowest BCUT2D eigenvalue weighted by Crippen LogP contribution is -2.21. The SMILES string of the molecule is N=C1C=CC2=C(c3ccc(C(=O)O)cc3)c3ccc(N)cc3P(=O)(O)C2=C1. The predicted octanol–water partition coefficient (Wildman–Crippen LogP) is 3.15. The van der Waals surface area contributed by atoms with E-state index >= 15 is 0 Å². The minimum absolute atomic E-state index is 0.135. The number of hydrogen-bond donors (Lipinski definition) is 4. The molecule has 7 heteroatoms. The van der Waals surface area contributed by atoms with Gasteiger partial charge in [0.2, 0.25) is 0 Å². The fraction of sp³-hybridized carbons (Fsp3) is 0. The van der Waals surface area contributed by atoms with Crippen molar-refractivity contribution >= 4 is 35.6 Å². The molecule has 27 heavy (non-hydrogen) atoms. The molecule has 0 saturated carbocycles. The summed E-state index contributed by atoms with van der Waals surface area (Å²) in [6.07, 6.45) is 4.61. The molecule has 0 amide bonds. The molecule has 2 aromatic rings. The molecule has 0 fully saturated rings. The lowest BCUT2D eigenvalue weighted by Gasteiger charge is -2.30. The van der Waals surface area contributed by atoms with Crippen molar-refractivity contribution in [3.63, 3.8) is 0 Å². The van der Waals surface area contributed by atoms with E-state index in [0.717, 1.165) is 0 Å². The van der Waals surface area contributed by atoms with Crippen LogP contribution in [0.2, 0.25) is 0 Å². The van der Waals surface area contributed by atoms with Crippen LogP contribution in [0.15, 0.2) is 71.6 Å². The van der Waals surface area contributed by atoms with Crippen molar-refractivity contribution in [3.05, 3.63) is 88.3 Å². The van der Waals surface area contributed by atoms with Gasteiger partial charge >= 0.3 is 5.97 Å². The number of anilines is 1. The highest BCUT2D eigenvalue weighted by Crippen LogP contribution is 2.59. The molecule has 134 valence electrons. The molecule has 2 aromatic carbocycles. The number of aromatic carboxylic acids is 1. The molecule has 0 bridgehead atoms. The van der Waals surface area contributed by atoms with Crippen molar-refractivity contribution in [1.82, 2.24) is 0 Å². The number of carbonyl (C=O) groups is 1. The van der Waals surface area contributed by atoms with E-state index in [1.54, 1.807) is 36.4 Å². The second-order valence-corrected chi connectivity index (χ2v) is 8.46. The highest BCUT2D eigenvalue weighted by Gasteiger charge is 2.39. The van der Waals surface area contributed by atoms with Crippen LogP contribution in [0.5, 0.6) is 0 Å². The second-order valence-electron chi connectivity index (χ2n) is 6.34. The van der Waals surface area contributed by atoms with E-state index in [-0.39, 0.29) is 21.9 Å². The van der Waals surface area contributed by atoms with Crippen LogP contribution in [0.4, 0.5) is 5.69 Å². The minimum Gasteiger partial charge on any atom is -0.478 e. The van der Waals surface area contributed by atoms with Gasteiger partial charge in [-0.25, -0.2) is 4.79 Å². The number of nitrogens with one attached hydrogen (secondary N) is 1. The summed E-state index contributed by atoms with van der Waals surface area (Å²) in [5, 5.41) is 17.4. The molecule has 4 rings (SSSR count). The van der Waals surface area contributed by atoms with Gasteiger partial charge < -0.3 is 21.1 Å². The van der Waals surface area contributed by atoms with Crippen molar-refractivity contribution in [1.29, 1.82) is 5.41 Å². The Morgan fingerprint density at radius 3 is 2.44 bits per heavy atom. The summed E-state index contributed by atoms with van der Waals surface area (Å²) in [4.78, 5) is 22.0. The van der Waals surface area contributed by atoms with Gasteiger partial charge in [0, 0.05) is 5.69 Å². The Bertz CT molecular complexity index is 1160. The number of nitrogens with two attached hydrogens (primary N) is 1. The van der Waals surface area contributed by atoms with Gasteiger partial charge in [-0.05, 0) is 58.7 Å². The van der Waals surface area contributed by atoms with E-state index in [0.29, 0.717) is 28.0 Å². The Morgan fingerprint density at radius 1 is 1.07 bits per heavy atom. The molecule has 0 radical (unpaired) electrons. The predicted molar refractivity (Wildman–Crippen MR) is 105 cm³/mol. The van der Waals surface area contributed by atoms with Gasteiger partial charge in [0.15, 0.2) is 0 Å². The first kappa shape index (κ1) is 17.2. The minimum atomic E-state index is -3.92. The zero-order valence-electron chi connectivity index (χ0n) is 14.0. The van der Waals surface area contributed by atoms with E-state index in [4.69, 9.17) is 16.2 Å². The van der Waals surface area contributed by atoms with Crippen LogP contribution in [0.25, 0.3) is 5.57 Å². The van der Waals surface area contributed by atoms with Gasteiger partial charge in [0.05, 0.1) is 21.9 Å². The maximum absolute atomic E-state index is 13.2. The molecule has 0 spiro atoms. The summed E-state index contributed by atoms with van der Waals surface area (Å²) in [5.74, 6) is -1.03. The fourth-order valence-electron chi connectivity index (χ4n) is 3.37. The molecule has 2 aliphatic rings. The van der Waals surface area contributed by atoms with Crippen LogP contribution in [0.1, 0.15) is 21.5 Å². The molecule has 1 aliphatic carbocycles. The zero-order chi connectivity index (χ0) is 19.3. The van der Waals surface area contributed by atoms with Gasteiger partial charge in [-0.2, -0.15) is 0 Å². The molecule has 1 aliphatic heterocycles. The molecule has 1 atom stereocenters. The Labute approximate surface area is 154 Å². The number of carboxylic acids is 1. The zero-order valence-corrected chi connectivity index (χ0v) is 14.9. The van der Waals surface area contributed by atoms with E-state index in [1.807, 2.05) is 0 Å². The van der Waals surface area contributed by atoms with Gasteiger partial charge in [-0.15, -0.1) is 0 Å². The molecule has 5 N–H and O–H groups in total. The Kier molecular flexibility index (Phi) is 3.77. The van der Waals surface area contributed by atoms with Gasteiger partial charge in [0.25, 0.3) is 7.37 Å². The quantitative estimate of drug-likeness (QED) is 0.472. The van der Waals surface area contributed by atoms with E-state index in [2.05, 4.69) is 0 Å². The molecule has 0 saturated heterocycles. The summed E-state index contributed by atoms with van der Waals surface area (Å²) >= 11 is 0. The Morgan fingerprint density at radius 2 is 1.78 bits per heavy atom.